The number of fused-ring (bicyclic) bond motifs is 1. The molecule has 148 valence electrons. The van der Waals surface area contributed by atoms with Crippen molar-refractivity contribution in [3.8, 4) is 11.8 Å². The summed E-state index contributed by atoms with van der Waals surface area (Å²) >= 11 is 3.48. The van der Waals surface area contributed by atoms with Gasteiger partial charge in [0.05, 0.1) is 6.54 Å². The van der Waals surface area contributed by atoms with Crippen LogP contribution in [0, 0.1) is 6.92 Å². The van der Waals surface area contributed by atoms with Crippen molar-refractivity contribution in [2.75, 3.05) is 0 Å². The maximum Gasteiger partial charge on any atom is 0.332 e. The summed E-state index contributed by atoms with van der Waals surface area (Å²) in [4.78, 5) is 29.8. The third-order valence-corrected chi connectivity index (χ3v) is 5.33. The zero-order chi connectivity index (χ0) is 20.7. The molecule has 0 aliphatic rings. The van der Waals surface area contributed by atoms with Crippen molar-refractivity contribution in [3.05, 3.63) is 85.0 Å². The highest BCUT2D eigenvalue weighted by Crippen LogP contribution is 2.27. The SMILES string of the molecule is Cc1ccccc1Oc1nc2c(c(=O)n(C)c(=O)n2C)n1Cc1cccc(Br)c1. The number of aryl methyl sites for hydroxylation is 2. The summed E-state index contributed by atoms with van der Waals surface area (Å²) in [5, 5.41) is 0. The second-order valence-electron chi connectivity index (χ2n) is 6.86. The van der Waals surface area contributed by atoms with Gasteiger partial charge in [0.15, 0.2) is 11.2 Å². The number of benzene rings is 2. The van der Waals surface area contributed by atoms with Crippen LogP contribution in [-0.2, 0) is 20.6 Å². The molecule has 2 aromatic heterocycles. The van der Waals surface area contributed by atoms with E-state index in [0.717, 1.165) is 20.2 Å². The minimum atomic E-state index is -0.433. The topological polar surface area (TPSA) is 71.1 Å². The number of aromatic nitrogens is 4. The van der Waals surface area contributed by atoms with Crippen LogP contribution in [0.25, 0.3) is 11.2 Å². The molecule has 2 heterocycles. The zero-order valence-electron chi connectivity index (χ0n) is 16.2. The Labute approximate surface area is 174 Å². The fraction of sp³-hybridized carbons (Fsp3) is 0.190. The molecule has 4 rings (SSSR count). The summed E-state index contributed by atoms with van der Waals surface area (Å²) in [6.07, 6.45) is 0. The van der Waals surface area contributed by atoms with Crippen molar-refractivity contribution in [3.63, 3.8) is 0 Å². The minimum Gasteiger partial charge on any atom is -0.425 e. The molecule has 0 aliphatic carbocycles. The predicted molar refractivity (Wildman–Crippen MR) is 115 cm³/mol. The Morgan fingerprint density at radius 1 is 1.03 bits per heavy atom. The molecular formula is C21H19BrN4O3. The maximum absolute atomic E-state index is 12.9. The Morgan fingerprint density at radius 2 is 1.79 bits per heavy atom. The molecular weight excluding hydrogens is 436 g/mol. The van der Waals surface area contributed by atoms with Crippen molar-refractivity contribution in [2.24, 2.45) is 14.1 Å². The number of para-hydroxylation sites is 1. The van der Waals surface area contributed by atoms with Crippen LogP contribution in [0.1, 0.15) is 11.1 Å². The lowest BCUT2D eigenvalue weighted by Crippen LogP contribution is -2.37. The summed E-state index contributed by atoms with van der Waals surface area (Å²) in [5.74, 6) is 0.639. The monoisotopic (exact) mass is 454 g/mol. The lowest BCUT2D eigenvalue weighted by Gasteiger charge is -2.11. The smallest absolute Gasteiger partial charge is 0.332 e. The second kappa shape index (κ2) is 7.36. The van der Waals surface area contributed by atoms with Crippen molar-refractivity contribution in [1.29, 1.82) is 0 Å². The van der Waals surface area contributed by atoms with Crippen LogP contribution < -0.4 is 16.0 Å². The molecule has 29 heavy (non-hydrogen) atoms. The lowest BCUT2D eigenvalue weighted by atomic mass is 10.2. The largest absolute Gasteiger partial charge is 0.425 e. The predicted octanol–water partition coefficient (Wildman–Crippen LogP) is 3.35. The lowest BCUT2D eigenvalue weighted by molar-refractivity contribution is 0.418. The molecule has 0 bridgehead atoms. The molecule has 0 unspecified atom stereocenters. The van der Waals surface area contributed by atoms with E-state index in [9.17, 15) is 9.59 Å². The molecule has 0 spiro atoms. The number of rotatable bonds is 4. The van der Waals surface area contributed by atoms with Crippen molar-refractivity contribution < 1.29 is 4.74 Å². The van der Waals surface area contributed by atoms with Gasteiger partial charge in [-0.25, -0.2) is 4.79 Å². The zero-order valence-corrected chi connectivity index (χ0v) is 17.8. The van der Waals surface area contributed by atoms with Gasteiger partial charge in [-0.2, -0.15) is 4.98 Å². The van der Waals surface area contributed by atoms with Gasteiger partial charge in [-0.05, 0) is 36.2 Å². The van der Waals surface area contributed by atoms with Gasteiger partial charge in [-0.15, -0.1) is 0 Å². The molecule has 0 fully saturated rings. The number of hydrogen-bond donors (Lipinski definition) is 0. The van der Waals surface area contributed by atoms with Gasteiger partial charge < -0.3 is 4.74 Å². The summed E-state index contributed by atoms with van der Waals surface area (Å²) in [6.45, 7) is 2.30. The third-order valence-electron chi connectivity index (χ3n) is 4.84. The summed E-state index contributed by atoms with van der Waals surface area (Å²) in [7, 11) is 3.06. The fourth-order valence-electron chi connectivity index (χ4n) is 3.24. The first-order valence-electron chi connectivity index (χ1n) is 9.01. The van der Waals surface area contributed by atoms with Gasteiger partial charge in [0.1, 0.15) is 5.75 Å². The molecule has 2 aromatic carbocycles. The van der Waals surface area contributed by atoms with Gasteiger partial charge in [0, 0.05) is 18.6 Å². The van der Waals surface area contributed by atoms with Crippen LogP contribution in [0.15, 0.2) is 62.6 Å². The molecule has 7 nitrogen and oxygen atoms in total. The number of halogens is 1. The number of imidazole rings is 1. The standard InChI is InChI=1S/C21H19BrN4O3/c1-13-7-4-5-10-16(13)29-20-23-18-17(19(27)25(3)21(28)24(18)2)26(20)12-14-8-6-9-15(22)11-14/h4-11H,12H2,1-3H3. The Bertz CT molecular complexity index is 1350. The van der Waals surface area contributed by atoms with E-state index >= 15 is 0 Å². The van der Waals surface area contributed by atoms with Gasteiger partial charge in [0.25, 0.3) is 5.56 Å². The Balaban J connectivity index is 1.97. The number of ether oxygens (including phenoxy) is 1. The third kappa shape index (κ3) is 3.40. The van der Waals surface area contributed by atoms with Crippen LogP contribution >= 0.6 is 15.9 Å². The molecule has 4 aromatic rings. The quantitative estimate of drug-likeness (QED) is 0.473. The van der Waals surface area contributed by atoms with Crippen molar-refractivity contribution in [1.82, 2.24) is 18.7 Å². The Morgan fingerprint density at radius 3 is 2.52 bits per heavy atom. The van der Waals surface area contributed by atoms with E-state index in [1.165, 1.54) is 11.6 Å². The Hall–Kier alpha value is -3.13. The van der Waals surface area contributed by atoms with Crippen LogP contribution in [0.4, 0.5) is 0 Å². The first kappa shape index (κ1) is 19.2. The van der Waals surface area contributed by atoms with Gasteiger partial charge in [-0.1, -0.05) is 46.3 Å². The highest BCUT2D eigenvalue weighted by atomic mass is 79.9. The van der Waals surface area contributed by atoms with Gasteiger partial charge >= 0.3 is 11.7 Å². The van der Waals surface area contributed by atoms with E-state index in [-0.39, 0.29) is 11.7 Å². The van der Waals surface area contributed by atoms with Crippen LogP contribution in [0.3, 0.4) is 0 Å². The van der Waals surface area contributed by atoms with E-state index in [4.69, 9.17) is 4.74 Å². The van der Waals surface area contributed by atoms with Gasteiger partial charge in [-0.3, -0.25) is 18.5 Å². The average molecular weight is 455 g/mol. The fourth-order valence-corrected chi connectivity index (χ4v) is 3.68. The van der Waals surface area contributed by atoms with Crippen LogP contribution in [-0.4, -0.2) is 18.7 Å². The average Bonchev–Trinajstić information content (AvgIpc) is 3.05. The molecule has 0 amide bonds. The molecule has 0 saturated heterocycles. The maximum atomic E-state index is 12.9. The second-order valence-corrected chi connectivity index (χ2v) is 7.77. The molecule has 0 saturated carbocycles. The van der Waals surface area contributed by atoms with E-state index < -0.39 is 11.2 Å². The van der Waals surface area contributed by atoms with E-state index in [2.05, 4.69) is 20.9 Å². The molecule has 0 radical (unpaired) electrons. The van der Waals surface area contributed by atoms with Crippen molar-refractivity contribution >= 4 is 27.1 Å². The van der Waals surface area contributed by atoms with E-state index in [0.29, 0.717) is 17.8 Å². The van der Waals surface area contributed by atoms with Crippen molar-refractivity contribution in [2.45, 2.75) is 13.5 Å². The summed E-state index contributed by atoms with van der Waals surface area (Å²) < 4.78 is 11.2. The van der Waals surface area contributed by atoms with E-state index in [1.54, 1.807) is 11.6 Å². The molecule has 0 atom stereocenters. The van der Waals surface area contributed by atoms with E-state index in [1.807, 2.05) is 55.5 Å². The highest BCUT2D eigenvalue weighted by molar-refractivity contribution is 9.10. The van der Waals surface area contributed by atoms with Crippen LogP contribution in [0.2, 0.25) is 0 Å². The normalized spacial score (nSPS) is 11.2. The minimum absolute atomic E-state index is 0.257. The van der Waals surface area contributed by atoms with Crippen LogP contribution in [0.5, 0.6) is 11.8 Å². The number of nitrogens with zero attached hydrogens (tertiary/aromatic N) is 4. The first-order chi connectivity index (χ1) is 13.9. The molecule has 0 aliphatic heterocycles. The molecule has 0 N–H and O–H groups in total. The highest BCUT2D eigenvalue weighted by Gasteiger charge is 2.21. The first-order valence-corrected chi connectivity index (χ1v) is 9.80. The summed E-state index contributed by atoms with van der Waals surface area (Å²) in [6, 6.07) is 15.6. The Kier molecular flexibility index (Phi) is 4.87. The summed E-state index contributed by atoms with van der Waals surface area (Å²) in [5.41, 5.74) is 1.66. The van der Waals surface area contributed by atoms with Gasteiger partial charge in [0.2, 0.25) is 0 Å². The molecule has 8 heteroatoms. The number of hydrogen-bond acceptors (Lipinski definition) is 4.